The van der Waals surface area contributed by atoms with Crippen LogP contribution in [0.3, 0.4) is 0 Å². The molecule has 130 valence electrons. The zero-order valence-electron chi connectivity index (χ0n) is 13.8. The fourth-order valence-corrected chi connectivity index (χ4v) is 4.03. The molecule has 2 amide bonds. The van der Waals surface area contributed by atoms with E-state index in [0.29, 0.717) is 11.7 Å². The lowest BCUT2D eigenvalue weighted by molar-refractivity contribution is -0.122. The van der Waals surface area contributed by atoms with Gasteiger partial charge in [-0.2, -0.15) is 0 Å². The predicted octanol–water partition coefficient (Wildman–Crippen LogP) is 3.12. The average Bonchev–Trinajstić information content (AvgIpc) is 3.20. The number of carbonyl (C=O) groups is 2. The van der Waals surface area contributed by atoms with Crippen LogP contribution in [-0.4, -0.2) is 34.3 Å². The Morgan fingerprint density at radius 3 is 2.92 bits per heavy atom. The summed E-state index contributed by atoms with van der Waals surface area (Å²) in [4.78, 5) is 26.4. The first-order valence-electron chi connectivity index (χ1n) is 7.82. The van der Waals surface area contributed by atoms with Crippen molar-refractivity contribution in [3.8, 4) is 0 Å². The molecule has 0 spiro atoms. The van der Waals surface area contributed by atoms with Crippen LogP contribution >= 0.6 is 23.1 Å². The van der Waals surface area contributed by atoms with Crippen molar-refractivity contribution in [2.45, 2.75) is 17.7 Å². The minimum absolute atomic E-state index is 0.0384. The summed E-state index contributed by atoms with van der Waals surface area (Å²) in [6.45, 7) is 6.03. The van der Waals surface area contributed by atoms with Gasteiger partial charge in [-0.15, -0.1) is 16.8 Å². The van der Waals surface area contributed by atoms with Crippen molar-refractivity contribution in [1.29, 1.82) is 0 Å². The zero-order chi connectivity index (χ0) is 17.8. The highest BCUT2D eigenvalue weighted by atomic mass is 32.2. The number of thioether (sulfide) groups is 1. The standard InChI is InChI=1S/C17H18N4O2S2/c1-3-8-24-17-20-19-16(25-17)18-15(23)12-9-14(22)21(10-12)13-6-4-11(2)5-7-13/h3-7,12H,1,8-10H2,2H3,(H,18,19,23)/t12-/m0/s1. The van der Waals surface area contributed by atoms with Gasteiger partial charge in [0.2, 0.25) is 16.9 Å². The Morgan fingerprint density at radius 2 is 2.20 bits per heavy atom. The quantitative estimate of drug-likeness (QED) is 0.478. The van der Waals surface area contributed by atoms with E-state index in [1.807, 2.05) is 31.2 Å². The average molecular weight is 374 g/mol. The van der Waals surface area contributed by atoms with E-state index in [1.165, 1.54) is 23.1 Å². The summed E-state index contributed by atoms with van der Waals surface area (Å²) in [6, 6.07) is 7.72. The topological polar surface area (TPSA) is 75.2 Å². The molecule has 1 saturated heterocycles. The Bertz CT molecular complexity index is 788. The Morgan fingerprint density at radius 1 is 1.44 bits per heavy atom. The molecule has 1 fully saturated rings. The molecule has 1 aliphatic heterocycles. The molecule has 1 aliphatic rings. The van der Waals surface area contributed by atoms with Crippen LogP contribution in [-0.2, 0) is 9.59 Å². The minimum atomic E-state index is -0.387. The van der Waals surface area contributed by atoms with Crippen LogP contribution in [0.1, 0.15) is 12.0 Å². The molecule has 1 N–H and O–H groups in total. The Hall–Kier alpha value is -2.19. The van der Waals surface area contributed by atoms with Gasteiger partial charge < -0.3 is 10.2 Å². The Labute approximate surface area is 154 Å². The number of aromatic nitrogens is 2. The monoisotopic (exact) mass is 374 g/mol. The predicted molar refractivity (Wildman–Crippen MR) is 101 cm³/mol. The van der Waals surface area contributed by atoms with Gasteiger partial charge in [-0.25, -0.2) is 0 Å². The summed E-state index contributed by atoms with van der Waals surface area (Å²) in [5.74, 6) is 0.121. The number of rotatable bonds is 6. The molecule has 0 bridgehead atoms. The van der Waals surface area contributed by atoms with Crippen molar-refractivity contribution in [2.24, 2.45) is 5.92 Å². The lowest BCUT2D eigenvalue weighted by Gasteiger charge is -2.16. The van der Waals surface area contributed by atoms with Gasteiger partial charge in [0.15, 0.2) is 4.34 Å². The number of carbonyl (C=O) groups excluding carboxylic acids is 2. The summed E-state index contributed by atoms with van der Waals surface area (Å²) in [5, 5.41) is 11.2. The van der Waals surface area contributed by atoms with E-state index in [2.05, 4.69) is 22.1 Å². The highest BCUT2D eigenvalue weighted by Crippen LogP contribution is 2.28. The second-order valence-electron chi connectivity index (χ2n) is 5.70. The van der Waals surface area contributed by atoms with Gasteiger partial charge in [-0.05, 0) is 19.1 Å². The first-order valence-corrected chi connectivity index (χ1v) is 9.62. The van der Waals surface area contributed by atoms with Crippen molar-refractivity contribution < 1.29 is 9.59 Å². The zero-order valence-corrected chi connectivity index (χ0v) is 15.4. The molecule has 1 aromatic heterocycles. The van der Waals surface area contributed by atoms with E-state index in [9.17, 15) is 9.59 Å². The SMILES string of the molecule is C=CCSc1nnc(NC(=O)[C@H]2CC(=O)N(c3ccc(C)cc3)C2)s1. The summed E-state index contributed by atoms with van der Waals surface area (Å²) in [7, 11) is 0. The van der Waals surface area contributed by atoms with Crippen LogP contribution in [0.5, 0.6) is 0 Å². The fraction of sp³-hybridized carbons (Fsp3) is 0.294. The summed E-state index contributed by atoms with van der Waals surface area (Å²) < 4.78 is 0.777. The third kappa shape index (κ3) is 4.26. The van der Waals surface area contributed by atoms with Crippen LogP contribution in [0.15, 0.2) is 41.3 Å². The third-order valence-corrected chi connectivity index (χ3v) is 5.77. The van der Waals surface area contributed by atoms with Crippen molar-refractivity contribution >= 4 is 45.7 Å². The molecule has 0 unspecified atom stereocenters. The van der Waals surface area contributed by atoms with Gasteiger partial charge in [-0.1, -0.05) is 46.9 Å². The van der Waals surface area contributed by atoms with E-state index in [0.717, 1.165) is 21.3 Å². The van der Waals surface area contributed by atoms with Crippen molar-refractivity contribution in [3.05, 3.63) is 42.5 Å². The minimum Gasteiger partial charge on any atom is -0.312 e. The van der Waals surface area contributed by atoms with E-state index in [1.54, 1.807) is 11.0 Å². The van der Waals surface area contributed by atoms with Crippen molar-refractivity contribution in [3.63, 3.8) is 0 Å². The van der Waals surface area contributed by atoms with Crippen molar-refractivity contribution in [1.82, 2.24) is 10.2 Å². The number of hydrogen-bond acceptors (Lipinski definition) is 6. The molecule has 1 aromatic carbocycles. The molecule has 6 nitrogen and oxygen atoms in total. The molecule has 2 heterocycles. The first-order chi connectivity index (χ1) is 12.1. The number of amides is 2. The largest absolute Gasteiger partial charge is 0.312 e. The molecule has 8 heteroatoms. The summed E-state index contributed by atoms with van der Waals surface area (Å²) >= 11 is 2.83. The normalized spacial score (nSPS) is 16.9. The van der Waals surface area contributed by atoms with E-state index in [-0.39, 0.29) is 24.2 Å². The molecule has 2 aromatic rings. The third-order valence-electron chi connectivity index (χ3n) is 3.80. The maximum absolute atomic E-state index is 12.4. The molecular formula is C17H18N4O2S2. The lowest BCUT2D eigenvalue weighted by Crippen LogP contribution is -2.28. The summed E-state index contributed by atoms with van der Waals surface area (Å²) in [6.07, 6.45) is 1.99. The summed E-state index contributed by atoms with van der Waals surface area (Å²) in [5.41, 5.74) is 1.95. The molecule has 0 aliphatic carbocycles. The van der Waals surface area contributed by atoms with Gasteiger partial charge in [0, 0.05) is 24.4 Å². The number of hydrogen-bond donors (Lipinski definition) is 1. The van der Waals surface area contributed by atoms with Gasteiger partial charge >= 0.3 is 0 Å². The van der Waals surface area contributed by atoms with Crippen LogP contribution in [0.4, 0.5) is 10.8 Å². The second-order valence-corrected chi connectivity index (χ2v) is 7.95. The molecule has 25 heavy (non-hydrogen) atoms. The van der Waals surface area contributed by atoms with Gasteiger partial charge in [0.25, 0.3) is 0 Å². The Kier molecular flexibility index (Phi) is 5.50. The van der Waals surface area contributed by atoms with Crippen LogP contribution in [0.2, 0.25) is 0 Å². The van der Waals surface area contributed by atoms with Gasteiger partial charge in [0.05, 0.1) is 5.92 Å². The highest BCUT2D eigenvalue weighted by molar-refractivity contribution is 8.01. The molecule has 0 radical (unpaired) electrons. The van der Waals surface area contributed by atoms with Crippen LogP contribution in [0, 0.1) is 12.8 Å². The molecule has 3 rings (SSSR count). The molecule has 1 atom stereocenters. The smallest absolute Gasteiger partial charge is 0.231 e. The van der Waals surface area contributed by atoms with Crippen LogP contribution in [0.25, 0.3) is 0 Å². The highest BCUT2D eigenvalue weighted by Gasteiger charge is 2.35. The number of benzene rings is 1. The lowest BCUT2D eigenvalue weighted by atomic mass is 10.1. The number of nitrogens with zero attached hydrogens (tertiary/aromatic N) is 3. The first kappa shape index (κ1) is 17.6. The fourth-order valence-electron chi connectivity index (χ4n) is 2.51. The Balaban J connectivity index is 1.61. The van der Waals surface area contributed by atoms with E-state index < -0.39 is 0 Å². The van der Waals surface area contributed by atoms with Gasteiger partial charge in [-0.3, -0.25) is 9.59 Å². The maximum atomic E-state index is 12.4. The van der Waals surface area contributed by atoms with Crippen molar-refractivity contribution in [2.75, 3.05) is 22.5 Å². The number of aryl methyl sites for hydroxylation is 1. The maximum Gasteiger partial charge on any atom is 0.231 e. The van der Waals surface area contributed by atoms with Gasteiger partial charge in [0.1, 0.15) is 0 Å². The number of nitrogens with one attached hydrogen (secondary N) is 1. The molecule has 0 saturated carbocycles. The van der Waals surface area contributed by atoms with E-state index in [4.69, 9.17) is 0 Å². The molecular weight excluding hydrogens is 356 g/mol. The van der Waals surface area contributed by atoms with E-state index >= 15 is 0 Å². The number of anilines is 2. The second kappa shape index (κ2) is 7.79. The van der Waals surface area contributed by atoms with Crippen LogP contribution < -0.4 is 10.2 Å².